The number of aromatic nitrogens is 6. The molecule has 4 aromatic rings. The van der Waals surface area contributed by atoms with Gasteiger partial charge in [0.1, 0.15) is 30.0 Å². The molecule has 11 heteroatoms. The van der Waals surface area contributed by atoms with Gasteiger partial charge in [0.25, 0.3) is 5.91 Å². The van der Waals surface area contributed by atoms with Crippen molar-refractivity contribution in [3.8, 4) is 34.3 Å². The van der Waals surface area contributed by atoms with E-state index in [-0.39, 0.29) is 5.69 Å². The molecule has 0 fully saturated rings. The smallest absolute Gasteiger partial charge is 0.274 e. The number of rotatable bonds is 7. The van der Waals surface area contributed by atoms with Gasteiger partial charge in [-0.05, 0) is 18.2 Å². The lowest BCUT2D eigenvalue weighted by molar-refractivity contribution is 0.102. The first-order valence-corrected chi connectivity index (χ1v) is 9.10. The highest BCUT2D eigenvalue weighted by molar-refractivity contribution is 6.03. The second-order valence-electron chi connectivity index (χ2n) is 6.27. The predicted molar refractivity (Wildman–Crippen MR) is 111 cm³/mol. The number of nitrogens with one attached hydrogen (secondary N) is 2. The zero-order valence-corrected chi connectivity index (χ0v) is 17.0. The molecule has 31 heavy (non-hydrogen) atoms. The molecular weight excluding hydrogens is 402 g/mol. The number of carbonyl (C=O) groups excluding carboxylic acids is 1. The number of imidazole rings is 1. The number of carbonyl (C=O) groups is 1. The summed E-state index contributed by atoms with van der Waals surface area (Å²) in [6.07, 6.45) is 6.34. The van der Waals surface area contributed by atoms with Gasteiger partial charge >= 0.3 is 0 Å². The molecule has 0 spiro atoms. The van der Waals surface area contributed by atoms with Crippen LogP contribution in [-0.2, 0) is 0 Å². The number of hydrogen-bond acceptors (Lipinski definition) is 8. The molecule has 0 atom stereocenters. The number of amides is 1. The van der Waals surface area contributed by atoms with Gasteiger partial charge in [0, 0.05) is 24.0 Å². The van der Waals surface area contributed by atoms with Crippen LogP contribution < -0.4 is 19.5 Å². The average molecular weight is 421 g/mol. The third-order valence-electron chi connectivity index (χ3n) is 4.45. The van der Waals surface area contributed by atoms with Crippen molar-refractivity contribution in [2.24, 2.45) is 0 Å². The Hall–Kier alpha value is -4.41. The average Bonchev–Trinajstić information content (AvgIpc) is 3.51. The van der Waals surface area contributed by atoms with Gasteiger partial charge in [0.2, 0.25) is 5.75 Å². The molecule has 0 radical (unpaired) electrons. The fourth-order valence-electron chi connectivity index (χ4n) is 2.95. The van der Waals surface area contributed by atoms with E-state index >= 15 is 0 Å². The highest BCUT2D eigenvalue weighted by atomic mass is 16.5. The minimum atomic E-state index is -0.401. The van der Waals surface area contributed by atoms with Gasteiger partial charge < -0.3 is 19.5 Å². The molecule has 0 aliphatic heterocycles. The van der Waals surface area contributed by atoms with Crippen LogP contribution in [0.2, 0.25) is 0 Å². The topological polar surface area (TPSA) is 129 Å². The second-order valence-corrected chi connectivity index (χ2v) is 6.27. The van der Waals surface area contributed by atoms with E-state index in [1.54, 1.807) is 47.6 Å². The maximum atomic E-state index is 12.7. The van der Waals surface area contributed by atoms with E-state index in [4.69, 9.17) is 14.2 Å². The quantitative estimate of drug-likeness (QED) is 0.465. The van der Waals surface area contributed by atoms with Gasteiger partial charge in [-0.3, -0.25) is 14.5 Å². The lowest BCUT2D eigenvalue weighted by Gasteiger charge is -2.13. The molecule has 0 saturated heterocycles. The van der Waals surface area contributed by atoms with Crippen molar-refractivity contribution < 1.29 is 19.0 Å². The summed E-state index contributed by atoms with van der Waals surface area (Å²) >= 11 is 0. The number of H-pyrrole nitrogens is 1. The van der Waals surface area contributed by atoms with Crippen molar-refractivity contribution in [1.82, 2.24) is 29.7 Å². The van der Waals surface area contributed by atoms with Gasteiger partial charge in [-0.2, -0.15) is 5.10 Å². The SMILES string of the molecule is COc1cc(-c2cc(C(=O)Nc3cc(-n4ccnc4)ncn3)[nH]n2)cc(OC)c1OC. The summed E-state index contributed by atoms with van der Waals surface area (Å²) in [5.41, 5.74) is 1.48. The Labute approximate surface area is 177 Å². The van der Waals surface area contributed by atoms with Crippen LogP contribution in [0.3, 0.4) is 0 Å². The number of ether oxygens (including phenoxy) is 3. The number of anilines is 1. The van der Waals surface area contributed by atoms with Crippen molar-refractivity contribution in [2.45, 2.75) is 0 Å². The van der Waals surface area contributed by atoms with Crippen LogP contribution in [0.5, 0.6) is 17.2 Å². The largest absolute Gasteiger partial charge is 0.493 e. The molecule has 0 bridgehead atoms. The number of benzene rings is 1. The van der Waals surface area contributed by atoms with Crippen LogP contribution in [0.1, 0.15) is 10.5 Å². The molecule has 3 heterocycles. The van der Waals surface area contributed by atoms with Gasteiger partial charge in [0.15, 0.2) is 11.5 Å². The fourth-order valence-corrected chi connectivity index (χ4v) is 2.95. The van der Waals surface area contributed by atoms with Gasteiger partial charge in [-0.1, -0.05) is 0 Å². The Morgan fingerprint density at radius 3 is 2.45 bits per heavy atom. The Bertz CT molecular complexity index is 1180. The molecule has 1 aromatic carbocycles. The minimum absolute atomic E-state index is 0.256. The highest BCUT2D eigenvalue weighted by Gasteiger charge is 2.17. The van der Waals surface area contributed by atoms with Gasteiger partial charge in [0.05, 0.1) is 27.0 Å². The van der Waals surface area contributed by atoms with E-state index < -0.39 is 5.91 Å². The summed E-state index contributed by atoms with van der Waals surface area (Å²) in [6.45, 7) is 0. The zero-order chi connectivity index (χ0) is 21.8. The summed E-state index contributed by atoms with van der Waals surface area (Å²) in [6, 6.07) is 6.76. The zero-order valence-electron chi connectivity index (χ0n) is 17.0. The summed E-state index contributed by atoms with van der Waals surface area (Å²) in [7, 11) is 4.59. The van der Waals surface area contributed by atoms with Gasteiger partial charge in [-0.15, -0.1) is 0 Å². The third kappa shape index (κ3) is 4.01. The molecule has 0 aliphatic rings. The van der Waals surface area contributed by atoms with Crippen LogP contribution >= 0.6 is 0 Å². The first kappa shape index (κ1) is 19.9. The summed E-state index contributed by atoms with van der Waals surface area (Å²) < 4.78 is 17.8. The molecule has 0 unspecified atom stereocenters. The van der Waals surface area contributed by atoms with Crippen LogP contribution in [0.4, 0.5) is 5.82 Å². The molecule has 3 aromatic heterocycles. The van der Waals surface area contributed by atoms with Crippen LogP contribution in [0.15, 0.2) is 49.3 Å². The fraction of sp³-hybridized carbons (Fsp3) is 0.150. The van der Waals surface area contributed by atoms with E-state index in [0.717, 1.165) is 0 Å². The maximum absolute atomic E-state index is 12.7. The van der Waals surface area contributed by atoms with Crippen molar-refractivity contribution in [2.75, 3.05) is 26.6 Å². The summed E-state index contributed by atoms with van der Waals surface area (Å²) in [5, 5.41) is 9.69. The van der Waals surface area contributed by atoms with Crippen molar-refractivity contribution in [3.63, 3.8) is 0 Å². The second kappa shape index (κ2) is 8.53. The summed E-state index contributed by atoms with van der Waals surface area (Å²) in [4.78, 5) is 24.9. The Kier molecular flexibility index (Phi) is 5.47. The molecule has 2 N–H and O–H groups in total. The predicted octanol–water partition coefficient (Wildman–Crippen LogP) is 2.33. The minimum Gasteiger partial charge on any atom is -0.493 e. The van der Waals surface area contributed by atoms with E-state index in [1.165, 1.54) is 27.7 Å². The van der Waals surface area contributed by atoms with Crippen molar-refractivity contribution >= 4 is 11.7 Å². The monoisotopic (exact) mass is 421 g/mol. The summed E-state index contributed by atoms with van der Waals surface area (Å²) in [5.74, 6) is 1.96. The molecule has 4 rings (SSSR count). The van der Waals surface area contributed by atoms with Crippen molar-refractivity contribution in [1.29, 1.82) is 0 Å². The molecule has 0 saturated carbocycles. The van der Waals surface area contributed by atoms with E-state index in [2.05, 4.69) is 30.5 Å². The van der Waals surface area contributed by atoms with E-state index in [9.17, 15) is 4.79 Å². The van der Waals surface area contributed by atoms with Crippen molar-refractivity contribution in [3.05, 3.63) is 55.0 Å². The number of nitrogens with zero attached hydrogens (tertiary/aromatic N) is 5. The highest BCUT2D eigenvalue weighted by Crippen LogP contribution is 2.40. The number of hydrogen-bond donors (Lipinski definition) is 2. The number of aromatic amines is 1. The Morgan fingerprint density at radius 1 is 1.03 bits per heavy atom. The first-order valence-electron chi connectivity index (χ1n) is 9.10. The number of methoxy groups -OCH3 is 3. The van der Waals surface area contributed by atoms with Crippen LogP contribution in [0.25, 0.3) is 17.1 Å². The molecule has 158 valence electrons. The maximum Gasteiger partial charge on any atom is 0.274 e. The Balaban J connectivity index is 1.57. The molecule has 0 aliphatic carbocycles. The van der Waals surface area contributed by atoms with Gasteiger partial charge in [-0.25, -0.2) is 15.0 Å². The van der Waals surface area contributed by atoms with Crippen LogP contribution in [0, 0.1) is 0 Å². The first-order chi connectivity index (χ1) is 15.1. The molecular formula is C20H19N7O4. The normalized spacial score (nSPS) is 10.5. The molecule has 11 nitrogen and oxygen atoms in total. The van der Waals surface area contributed by atoms with E-state index in [0.29, 0.717) is 40.1 Å². The Morgan fingerprint density at radius 2 is 1.81 bits per heavy atom. The lowest BCUT2D eigenvalue weighted by Crippen LogP contribution is -2.14. The van der Waals surface area contributed by atoms with E-state index in [1.807, 2.05) is 0 Å². The molecule has 1 amide bonds. The third-order valence-corrected chi connectivity index (χ3v) is 4.45. The standard InChI is InChI=1S/C20H19N7O4/c1-29-15-6-12(7-16(30-2)19(15)31-3)13-8-14(26-25-13)20(28)24-17-9-18(23-10-22-17)27-5-4-21-11-27/h4-11H,1-3H3,(H,25,26)(H,22,23,24,28). The van der Waals surface area contributed by atoms with Crippen LogP contribution in [-0.4, -0.2) is 57.0 Å². The lowest BCUT2D eigenvalue weighted by atomic mass is 10.1.